The molecule has 0 atom stereocenters. The van der Waals surface area contributed by atoms with Gasteiger partial charge in [-0.15, -0.1) is 0 Å². The quantitative estimate of drug-likeness (QED) is 0.698. The maximum absolute atomic E-state index is 12.4. The first-order chi connectivity index (χ1) is 14.4. The zero-order chi connectivity index (χ0) is 22.8. The highest BCUT2D eigenvalue weighted by atomic mass is 16.3. The van der Waals surface area contributed by atoms with Crippen LogP contribution in [0.5, 0.6) is 5.75 Å². The molecular formula is C26H39N3O2. The summed E-state index contributed by atoms with van der Waals surface area (Å²) in [5.74, 6) is 1.63. The van der Waals surface area contributed by atoms with Crippen LogP contribution < -0.4 is 5.32 Å². The molecule has 5 nitrogen and oxygen atoms in total. The number of aryl methyl sites for hydroxylation is 3. The third-order valence-electron chi connectivity index (χ3n) is 6.09. The molecule has 1 amide bonds. The van der Waals surface area contributed by atoms with Crippen LogP contribution in [0.25, 0.3) is 0 Å². The topological polar surface area (TPSA) is 67.2 Å². The summed E-state index contributed by atoms with van der Waals surface area (Å²) in [7, 11) is 0. The van der Waals surface area contributed by atoms with Gasteiger partial charge in [-0.2, -0.15) is 0 Å². The van der Waals surface area contributed by atoms with Crippen LogP contribution in [-0.4, -0.2) is 27.1 Å². The number of fused-ring (bicyclic) bond motifs is 1. The summed E-state index contributed by atoms with van der Waals surface area (Å²) in [6.45, 7) is 14.3. The van der Waals surface area contributed by atoms with Gasteiger partial charge in [0.15, 0.2) is 0 Å². The maximum atomic E-state index is 12.4. The molecule has 5 heteroatoms. The number of phenols is 1. The summed E-state index contributed by atoms with van der Waals surface area (Å²) < 4.78 is 2.26. The summed E-state index contributed by atoms with van der Waals surface area (Å²) >= 11 is 0. The number of amides is 1. The number of nitrogens with zero attached hydrogens (tertiary/aromatic N) is 2. The third-order valence-corrected chi connectivity index (χ3v) is 6.09. The number of rotatable bonds is 6. The summed E-state index contributed by atoms with van der Waals surface area (Å²) in [5, 5.41) is 13.9. The van der Waals surface area contributed by atoms with Crippen molar-refractivity contribution < 1.29 is 9.90 Å². The van der Waals surface area contributed by atoms with E-state index in [2.05, 4.69) is 69.8 Å². The Morgan fingerprint density at radius 3 is 2.29 bits per heavy atom. The molecule has 31 heavy (non-hydrogen) atoms. The molecule has 0 radical (unpaired) electrons. The largest absolute Gasteiger partial charge is 0.507 e. The Hall–Kier alpha value is -2.30. The summed E-state index contributed by atoms with van der Waals surface area (Å²) in [6, 6.07) is 4.13. The molecule has 0 aliphatic carbocycles. The SMILES string of the molecule is CC(C)(C)c1cc(CCC(=O)NCCc2cn3c(n2)CCCC3)cc(C(C)(C)C)c1O. The number of benzene rings is 1. The second-order valence-electron chi connectivity index (χ2n) is 10.9. The summed E-state index contributed by atoms with van der Waals surface area (Å²) in [6.07, 6.45) is 7.52. The third kappa shape index (κ3) is 5.90. The molecule has 2 N–H and O–H groups in total. The van der Waals surface area contributed by atoms with Crippen molar-refractivity contribution in [2.24, 2.45) is 0 Å². The second kappa shape index (κ2) is 9.05. The molecule has 0 spiro atoms. The number of carbonyl (C=O) groups is 1. The van der Waals surface area contributed by atoms with Gasteiger partial charge in [-0.1, -0.05) is 53.7 Å². The fourth-order valence-electron chi connectivity index (χ4n) is 4.25. The van der Waals surface area contributed by atoms with Crippen molar-refractivity contribution >= 4 is 5.91 Å². The van der Waals surface area contributed by atoms with Crippen LogP contribution >= 0.6 is 0 Å². The highest BCUT2D eigenvalue weighted by Crippen LogP contribution is 2.39. The highest BCUT2D eigenvalue weighted by molar-refractivity contribution is 5.76. The van der Waals surface area contributed by atoms with Gasteiger partial charge in [0.2, 0.25) is 5.91 Å². The number of phenolic OH excluding ortho intramolecular Hbond substituents is 1. The number of hydrogen-bond acceptors (Lipinski definition) is 3. The van der Waals surface area contributed by atoms with E-state index < -0.39 is 0 Å². The highest BCUT2D eigenvalue weighted by Gasteiger charge is 2.26. The molecule has 2 aromatic rings. The van der Waals surface area contributed by atoms with E-state index in [0.29, 0.717) is 25.1 Å². The van der Waals surface area contributed by atoms with Crippen molar-refractivity contribution in [2.75, 3.05) is 6.54 Å². The number of nitrogens with one attached hydrogen (secondary N) is 1. The van der Waals surface area contributed by atoms with Gasteiger partial charge in [-0.05, 0) is 46.8 Å². The van der Waals surface area contributed by atoms with Gasteiger partial charge in [0.25, 0.3) is 0 Å². The van der Waals surface area contributed by atoms with E-state index in [1.54, 1.807) is 0 Å². The van der Waals surface area contributed by atoms with Gasteiger partial charge in [0.1, 0.15) is 11.6 Å². The lowest BCUT2D eigenvalue weighted by atomic mass is 9.78. The Bertz CT molecular complexity index is 871. The minimum atomic E-state index is -0.161. The van der Waals surface area contributed by atoms with Crippen LogP contribution in [0.4, 0.5) is 0 Å². The van der Waals surface area contributed by atoms with Crippen molar-refractivity contribution in [2.45, 2.75) is 97.4 Å². The molecule has 0 fully saturated rings. The lowest BCUT2D eigenvalue weighted by molar-refractivity contribution is -0.121. The number of aromatic hydroxyl groups is 1. The zero-order valence-electron chi connectivity index (χ0n) is 20.1. The van der Waals surface area contributed by atoms with Crippen LogP contribution in [0.1, 0.15) is 89.0 Å². The van der Waals surface area contributed by atoms with Crippen LogP contribution in [0.3, 0.4) is 0 Å². The van der Waals surface area contributed by atoms with Crippen LogP contribution in [0, 0.1) is 0 Å². The van der Waals surface area contributed by atoms with Gasteiger partial charge >= 0.3 is 0 Å². The molecular weight excluding hydrogens is 386 g/mol. The molecule has 1 aromatic carbocycles. The predicted octanol–water partition coefficient (Wildman–Crippen LogP) is 4.81. The van der Waals surface area contributed by atoms with E-state index in [9.17, 15) is 9.90 Å². The minimum absolute atomic E-state index is 0.0617. The first-order valence-electron chi connectivity index (χ1n) is 11.6. The lowest BCUT2D eigenvalue weighted by Gasteiger charge is -2.28. The smallest absolute Gasteiger partial charge is 0.220 e. The standard InChI is InChI=1S/C26H39N3O2/c1-25(2,3)20-15-18(16-21(24(20)31)26(4,5)6)10-11-23(30)27-13-12-19-17-29-14-8-7-9-22(29)28-19/h15-17,31H,7-14H2,1-6H3,(H,27,30). The molecule has 1 aliphatic rings. The first kappa shape index (κ1) is 23.4. The molecule has 3 rings (SSSR count). The molecule has 0 saturated heterocycles. The van der Waals surface area contributed by atoms with E-state index in [4.69, 9.17) is 4.98 Å². The number of carbonyl (C=O) groups excluding carboxylic acids is 1. The maximum Gasteiger partial charge on any atom is 0.220 e. The molecule has 2 heterocycles. The molecule has 0 unspecified atom stereocenters. The lowest BCUT2D eigenvalue weighted by Crippen LogP contribution is -2.26. The molecule has 170 valence electrons. The van der Waals surface area contributed by atoms with Crippen LogP contribution in [0.2, 0.25) is 0 Å². The minimum Gasteiger partial charge on any atom is -0.507 e. The summed E-state index contributed by atoms with van der Waals surface area (Å²) in [5.41, 5.74) is 3.74. The van der Waals surface area contributed by atoms with Gasteiger partial charge in [-0.25, -0.2) is 4.98 Å². The van der Waals surface area contributed by atoms with E-state index in [0.717, 1.165) is 41.8 Å². The van der Waals surface area contributed by atoms with Gasteiger partial charge < -0.3 is 15.0 Å². The van der Waals surface area contributed by atoms with Crippen molar-refractivity contribution in [3.63, 3.8) is 0 Å². The van der Waals surface area contributed by atoms with Gasteiger partial charge in [-0.3, -0.25) is 4.79 Å². The van der Waals surface area contributed by atoms with E-state index >= 15 is 0 Å². The van der Waals surface area contributed by atoms with E-state index in [1.165, 1.54) is 18.7 Å². The fraction of sp³-hybridized carbons (Fsp3) is 0.615. The van der Waals surface area contributed by atoms with E-state index in [1.807, 2.05) is 0 Å². The Balaban J connectivity index is 1.58. The van der Waals surface area contributed by atoms with E-state index in [-0.39, 0.29) is 16.7 Å². The van der Waals surface area contributed by atoms with Crippen molar-refractivity contribution in [3.05, 3.63) is 46.5 Å². The fourth-order valence-corrected chi connectivity index (χ4v) is 4.25. The predicted molar refractivity (Wildman–Crippen MR) is 126 cm³/mol. The van der Waals surface area contributed by atoms with Crippen molar-refractivity contribution in [1.82, 2.24) is 14.9 Å². The molecule has 0 saturated carbocycles. The van der Waals surface area contributed by atoms with Crippen LogP contribution in [-0.2, 0) is 41.4 Å². The average molecular weight is 426 g/mol. The Morgan fingerprint density at radius 1 is 1.06 bits per heavy atom. The second-order valence-corrected chi connectivity index (χ2v) is 10.9. The van der Waals surface area contributed by atoms with Gasteiger partial charge in [0.05, 0.1) is 5.69 Å². The average Bonchev–Trinajstić information content (AvgIpc) is 3.08. The Labute approximate surface area is 187 Å². The van der Waals surface area contributed by atoms with Gasteiger partial charge in [0, 0.05) is 38.5 Å². The normalized spacial score (nSPS) is 14.4. The number of aromatic nitrogens is 2. The van der Waals surface area contributed by atoms with Crippen molar-refractivity contribution in [1.29, 1.82) is 0 Å². The first-order valence-corrected chi connectivity index (χ1v) is 11.6. The number of hydrogen-bond donors (Lipinski definition) is 2. The van der Waals surface area contributed by atoms with Crippen molar-refractivity contribution in [3.8, 4) is 5.75 Å². The number of imidazole rings is 1. The summed E-state index contributed by atoms with van der Waals surface area (Å²) in [4.78, 5) is 17.1. The Morgan fingerprint density at radius 2 is 1.71 bits per heavy atom. The Kier molecular flexibility index (Phi) is 6.82. The molecule has 0 bridgehead atoms. The molecule has 1 aromatic heterocycles. The van der Waals surface area contributed by atoms with Crippen LogP contribution in [0.15, 0.2) is 18.3 Å². The zero-order valence-corrected chi connectivity index (χ0v) is 20.1. The molecule has 1 aliphatic heterocycles. The monoisotopic (exact) mass is 425 g/mol.